The van der Waals surface area contributed by atoms with Gasteiger partial charge in [0.05, 0.1) is 0 Å². The molecule has 1 aromatic carbocycles. The molecule has 0 aliphatic carbocycles. The Kier molecular flexibility index (Phi) is 5.80. The van der Waals surface area contributed by atoms with E-state index in [0.29, 0.717) is 0 Å². The van der Waals surface area contributed by atoms with Crippen LogP contribution in [0.3, 0.4) is 0 Å². The highest BCUT2D eigenvalue weighted by atomic mass is 32.2. The molecule has 0 radical (unpaired) electrons. The van der Waals surface area contributed by atoms with E-state index in [1.54, 1.807) is 0 Å². The topological polar surface area (TPSA) is 17.0 Å². The number of hydrogen-bond donors (Lipinski definition) is 1. The van der Waals surface area contributed by atoms with Crippen molar-refractivity contribution in [2.45, 2.75) is 25.8 Å². The molecule has 1 N–H and O–H groups in total. The van der Waals surface area contributed by atoms with Crippen molar-refractivity contribution >= 4 is 22.7 Å². The molecule has 1 aromatic heterocycles. The minimum atomic E-state index is 0.976. The third kappa shape index (κ3) is 4.02. The monoisotopic (exact) mass is 276 g/mol. The van der Waals surface area contributed by atoms with Crippen molar-refractivity contribution in [3.8, 4) is 0 Å². The normalized spacial score (nSPS) is 11.3. The molecule has 19 heavy (non-hydrogen) atoms. The molecule has 0 aliphatic rings. The molecule has 0 atom stereocenters. The first-order chi connectivity index (χ1) is 9.33. The van der Waals surface area contributed by atoms with Crippen molar-refractivity contribution < 1.29 is 0 Å². The Labute approximate surface area is 120 Å². The number of hydrogen-bond acceptors (Lipinski definition) is 2. The van der Waals surface area contributed by atoms with Gasteiger partial charge >= 0.3 is 0 Å². The average Bonchev–Trinajstić information content (AvgIpc) is 2.75. The van der Waals surface area contributed by atoms with Gasteiger partial charge in [-0.3, -0.25) is 0 Å². The number of rotatable bonds is 8. The predicted molar refractivity (Wildman–Crippen MR) is 86.9 cm³/mol. The lowest BCUT2D eigenvalue weighted by atomic mass is 10.2. The summed E-state index contributed by atoms with van der Waals surface area (Å²) in [5, 5.41) is 4.94. The second kappa shape index (κ2) is 7.61. The van der Waals surface area contributed by atoms with Crippen LogP contribution in [0.2, 0.25) is 0 Å². The number of nitrogens with zero attached hydrogens (tertiary/aromatic N) is 1. The average molecular weight is 276 g/mol. The van der Waals surface area contributed by atoms with Gasteiger partial charge in [0.25, 0.3) is 0 Å². The van der Waals surface area contributed by atoms with E-state index in [-0.39, 0.29) is 0 Å². The maximum Gasteiger partial charge on any atom is 0.0481 e. The molecule has 0 saturated heterocycles. The number of thioether (sulfide) groups is 1. The van der Waals surface area contributed by atoms with Gasteiger partial charge in [-0.15, -0.1) is 0 Å². The highest BCUT2D eigenvalue weighted by Crippen LogP contribution is 2.19. The third-order valence-corrected chi connectivity index (χ3v) is 4.19. The maximum atomic E-state index is 3.56. The van der Waals surface area contributed by atoms with Crippen molar-refractivity contribution in [2.75, 3.05) is 18.6 Å². The molecule has 0 spiro atoms. The summed E-state index contributed by atoms with van der Waals surface area (Å²) in [4.78, 5) is 0. The molecule has 2 nitrogen and oxygen atoms in total. The van der Waals surface area contributed by atoms with E-state index in [2.05, 4.69) is 53.6 Å². The van der Waals surface area contributed by atoms with Gasteiger partial charge in [0, 0.05) is 30.7 Å². The van der Waals surface area contributed by atoms with E-state index in [1.165, 1.54) is 41.5 Å². The molecule has 1 heterocycles. The van der Waals surface area contributed by atoms with Crippen LogP contribution in [0, 0.1) is 0 Å². The molecule has 0 bridgehead atoms. The molecule has 2 rings (SSSR count). The summed E-state index contributed by atoms with van der Waals surface area (Å²) in [6.45, 7) is 2.10. The molecular weight excluding hydrogens is 252 g/mol. The minimum Gasteiger partial charge on any atom is -0.350 e. The fourth-order valence-corrected chi connectivity index (χ4v) is 2.96. The predicted octanol–water partition coefficient (Wildman–Crippen LogP) is 3.80. The fraction of sp³-hybridized carbons (Fsp3) is 0.500. The van der Waals surface area contributed by atoms with Crippen LogP contribution in [0.4, 0.5) is 0 Å². The maximum absolute atomic E-state index is 3.56. The van der Waals surface area contributed by atoms with Crippen LogP contribution in [-0.4, -0.2) is 23.1 Å². The van der Waals surface area contributed by atoms with E-state index in [9.17, 15) is 0 Å². The largest absolute Gasteiger partial charge is 0.350 e. The first-order valence-corrected chi connectivity index (χ1v) is 8.45. The Morgan fingerprint density at radius 2 is 2.00 bits per heavy atom. The van der Waals surface area contributed by atoms with Crippen molar-refractivity contribution in [1.82, 2.24) is 9.88 Å². The van der Waals surface area contributed by atoms with Crippen LogP contribution in [0.15, 0.2) is 30.5 Å². The van der Waals surface area contributed by atoms with E-state index < -0.39 is 0 Å². The van der Waals surface area contributed by atoms with Crippen molar-refractivity contribution in [3.05, 3.63) is 36.0 Å². The van der Waals surface area contributed by atoms with E-state index in [0.717, 1.165) is 13.1 Å². The molecule has 0 unspecified atom stereocenters. The smallest absolute Gasteiger partial charge is 0.0481 e. The number of aromatic nitrogens is 1. The number of nitrogens with one attached hydrogen (secondary N) is 1. The fourth-order valence-electron chi connectivity index (χ4n) is 2.46. The van der Waals surface area contributed by atoms with Crippen molar-refractivity contribution in [1.29, 1.82) is 0 Å². The quantitative estimate of drug-likeness (QED) is 0.739. The summed E-state index contributed by atoms with van der Waals surface area (Å²) in [5.74, 6) is 1.29. The zero-order chi connectivity index (χ0) is 13.5. The van der Waals surface area contributed by atoms with Crippen molar-refractivity contribution in [2.24, 2.45) is 7.05 Å². The number of para-hydroxylation sites is 1. The van der Waals surface area contributed by atoms with Gasteiger partial charge in [0.2, 0.25) is 0 Å². The lowest BCUT2D eigenvalue weighted by Gasteiger charge is -2.03. The Morgan fingerprint density at radius 3 is 2.84 bits per heavy atom. The van der Waals surface area contributed by atoms with Gasteiger partial charge in [-0.25, -0.2) is 0 Å². The highest BCUT2D eigenvalue weighted by Gasteiger charge is 2.04. The highest BCUT2D eigenvalue weighted by molar-refractivity contribution is 7.98. The SMILES string of the molecule is CSCCCCCNCc1cn(C)c2ccccc12. The Morgan fingerprint density at radius 1 is 1.16 bits per heavy atom. The molecule has 0 fully saturated rings. The van der Waals surface area contributed by atoms with Gasteiger partial charge in [-0.05, 0) is 43.0 Å². The van der Waals surface area contributed by atoms with Gasteiger partial charge < -0.3 is 9.88 Å². The number of aryl methyl sites for hydroxylation is 1. The Hall–Kier alpha value is -0.930. The lowest BCUT2D eigenvalue weighted by molar-refractivity contribution is 0.619. The van der Waals surface area contributed by atoms with Crippen LogP contribution < -0.4 is 5.32 Å². The second-order valence-electron chi connectivity index (χ2n) is 5.01. The van der Waals surface area contributed by atoms with Gasteiger partial charge in [-0.2, -0.15) is 11.8 Å². The van der Waals surface area contributed by atoms with Crippen LogP contribution >= 0.6 is 11.8 Å². The lowest BCUT2D eigenvalue weighted by Crippen LogP contribution is -2.14. The first kappa shape index (κ1) is 14.5. The summed E-state index contributed by atoms with van der Waals surface area (Å²) in [6.07, 6.45) is 8.38. The van der Waals surface area contributed by atoms with Crippen LogP contribution in [-0.2, 0) is 13.6 Å². The summed E-state index contributed by atoms with van der Waals surface area (Å²) in [5.41, 5.74) is 2.72. The standard InChI is InChI=1S/C16H24N2S/c1-18-13-14(15-8-4-5-9-16(15)18)12-17-10-6-3-7-11-19-2/h4-5,8-9,13,17H,3,6-7,10-12H2,1-2H3. The van der Waals surface area contributed by atoms with Gasteiger partial charge in [-0.1, -0.05) is 24.6 Å². The second-order valence-corrected chi connectivity index (χ2v) is 6.00. The molecule has 3 heteroatoms. The summed E-state index contributed by atoms with van der Waals surface area (Å²) in [7, 11) is 2.12. The zero-order valence-corrected chi connectivity index (χ0v) is 12.8. The van der Waals surface area contributed by atoms with Crippen LogP contribution in [0.25, 0.3) is 10.9 Å². The van der Waals surface area contributed by atoms with Crippen LogP contribution in [0.5, 0.6) is 0 Å². The molecule has 0 saturated carbocycles. The minimum absolute atomic E-state index is 0.976. The molecular formula is C16H24N2S. The van der Waals surface area contributed by atoms with E-state index in [4.69, 9.17) is 0 Å². The Bertz CT molecular complexity index is 504. The summed E-state index contributed by atoms with van der Waals surface area (Å²) >= 11 is 1.94. The van der Waals surface area contributed by atoms with Gasteiger partial charge in [0.1, 0.15) is 0 Å². The molecule has 0 amide bonds. The zero-order valence-electron chi connectivity index (χ0n) is 12.0. The van der Waals surface area contributed by atoms with Crippen LogP contribution in [0.1, 0.15) is 24.8 Å². The number of benzene rings is 1. The molecule has 0 aliphatic heterocycles. The van der Waals surface area contributed by atoms with Gasteiger partial charge in [0.15, 0.2) is 0 Å². The Balaban J connectivity index is 1.79. The number of fused-ring (bicyclic) bond motifs is 1. The summed E-state index contributed by atoms with van der Waals surface area (Å²) in [6, 6.07) is 8.62. The van der Waals surface area contributed by atoms with Crippen molar-refractivity contribution in [3.63, 3.8) is 0 Å². The third-order valence-electron chi connectivity index (χ3n) is 3.50. The molecule has 2 aromatic rings. The van der Waals surface area contributed by atoms with E-state index >= 15 is 0 Å². The summed E-state index contributed by atoms with van der Waals surface area (Å²) < 4.78 is 2.21. The van der Waals surface area contributed by atoms with E-state index in [1.807, 2.05) is 11.8 Å². The molecule has 104 valence electrons. The number of unbranched alkanes of at least 4 members (excludes halogenated alkanes) is 2. The first-order valence-electron chi connectivity index (χ1n) is 7.05.